The quantitative estimate of drug-likeness (QED) is 0.498. The number of nitrogens with zero attached hydrogens (tertiary/aromatic N) is 5. The first-order chi connectivity index (χ1) is 15.1. The summed E-state index contributed by atoms with van der Waals surface area (Å²) < 4.78 is 28.3. The second kappa shape index (κ2) is 9.41. The van der Waals surface area contributed by atoms with E-state index in [1.54, 1.807) is 25.8 Å². The van der Waals surface area contributed by atoms with E-state index in [0.29, 0.717) is 13.1 Å². The molecule has 0 saturated carbocycles. The molecular formula is C20H29N5O6S. The van der Waals surface area contributed by atoms with Gasteiger partial charge in [-0.15, -0.1) is 0 Å². The molecule has 1 aromatic heterocycles. The molecule has 0 spiro atoms. The summed E-state index contributed by atoms with van der Waals surface area (Å²) in [4.78, 5) is 53.1. The number of amides is 4. The molecule has 2 aliphatic heterocycles. The number of carbonyl (C=O) groups is 4. The average Bonchev–Trinajstić information content (AvgIpc) is 3.31. The smallest absolute Gasteiger partial charge is 0.270 e. The van der Waals surface area contributed by atoms with Gasteiger partial charge in [0, 0.05) is 65.4 Å². The lowest BCUT2D eigenvalue weighted by Crippen LogP contribution is -2.53. The SMILES string of the molecule is CCN(CC)S(=O)(=O)c1cc(C(=O)N2CCN(C(=O)CN3C(=O)CCC3=O)CC2)n(C)c1. The van der Waals surface area contributed by atoms with Crippen LogP contribution in [0.25, 0.3) is 0 Å². The molecule has 0 aromatic carbocycles. The van der Waals surface area contributed by atoms with E-state index in [4.69, 9.17) is 0 Å². The summed E-state index contributed by atoms with van der Waals surface area (Å²) in [5.74, 6) is -1.31. The van der Waals surface area contributed by atoms with E-state index in [9.17, 15) is 27.6 Å². The van der Waals surface area contributed by atoms with Crippen molar-refractivity contribution in [3.63, 3.8) is 0 Å². The van der Waals surface area contributed by atoms with Crippen LogP contribution in [0.4, 0.5) is 0 Å². The fourth-order valence-corrected chi connectivity index (χ4v) is 5.49. The van der Waals surface area contributed by atoms with Gasteiger partial charge in [-0.3, -0.25) is 24.1 Å². The molecule has 1 aromatic rings. The van der Waals surface area contributed by atoms with E-state index in [2.05, 4.69) is 0 Å². The summed E-state index contributed by atoms with van der Waals surface area (Å²) in [5, 5.41) is 0. The Bertz CT molecular complexity index is 1010. The van der Waals surface area contributed by atoms with Crippen molar-refractivity contribution in [2.45, 2.75) is 31.6 Å². The Kier molecular flexibility index (Phi) is 7.03. The summed E-state index contributed by atoms with van der Waals surface area (Å²) in [6, 6.07) is 1.39. The van der Waals surface area contributed by atoms with Gasteiger partial charge in [0.15, 0.2) is 0 Å². The monoisotopic (exact) mass is 467 g/mol. The molecule has 176 valence electrons. The third-order valence-electron chi connectivity index (χ3n) is 5.91. The summed E-state index contributed by atoms with van der Waals surface area (Å²) in [7, 11) is -2.06. The van der Waals surface area contributed by atoms with Crippen LogP contribution in [0.3, 0.4) is 0 Å². The molecule has 11 nitrogen and oxygen atoms in total. The van der Waals surface area contributed by atoms with Crippen LogP contribution < -0.4 is 0 Å². The van der Waals surface area contributed by atoms with Gasteiger partial charge >= 0.3 is 0 Å². The van der Waals surface area contributed by atoms with Crippen LogP contribution in [0.1, 0.15) is 37.2 Å². The Balaban J connectivity index is 1.63. The first kappa shape index (κ1) is 23.9. The van der Waals surface area contributed by atoms with Crippen molar-refractivity contribution in [1.82, 2.24) is 23.6 Å². The molecule has 0 N–H and O–H groups in total. The van der Waals surface area contributed by atoms with Gasteiger partial charge in [-0.1, -0.05) is 13.8 Å². The van der Waals surface area contributed by atoms with Gasteiger partial charge in [0.1, 0.15) is 17.1 Å². The van der Waals surface area contributed by atoms with Crippen LogP contribution >= 0.6 is 0 Å². The van der Waals surface area contributed by atoms with Crippen molar-refractivity contribution in [2.24, 2.45) is 7.05 Å². The number of likely N-dealkylation sites (tertiary alicyclic amines) is 1. The predicted molar refractivity (Wildman–Crippen MR) is 114 cm³/mol. The largest absolute Gasteiger partial charge is 0.345 e. The Morgan fingerprint density at radius 3 is 2.03 bits per heavy atom. The highest BCUT2D eigenvalue weighted by atomic mass is 32.2. The van der Waals surface area contributed by atoms with Crippen LogP contribution in [-0.2, 0) is 31.5 Å². The number of rotatable bonds is 7. The normalized spacial score (nSPS) is 17.6. The standard InChI is InChI=1S/C20H29N5O6S/c1-4-24(5-2)32(30,31)15-12-16(21(3)13-15)20(29)23-10-8-22(9-11-23)19(28)14-25-17(26)6-7-18(25)27/h12-13H,4-11,14H2,1-3H3. The maximum atomic E-state index is 13.0. The van der Waals surface area contributed by atoms with Crippen molar-refractivity contribution in [1.29, 1.82) is 0 Å². The zero-order valence-corrected chi connectivity index (χ0v) is 19.4. The van der Waals surface area contributed by atoms with Gasteiger partial charge in [0.05, 0.1) is 0 Å². The Hall–Kier alpha value is -2.73. The molecule has 32 heavy (non-hydrogen) atoms. The predicted octanol–water partition coefficient (Wildman–Crippen LogP) is -0.511. The minimum Gasteiger partial charge on any atom is -0.345 e. The topological polar surface area (TPSA) is 120 Å². The molecule has 4 amide bonds. The first-order valence-corrected chi connectivity index (χ1v) is 12.1. The molecule has 3 rings (SSSR count). The third-order valence-corrected chi connectivity index (χ3v) is 7.93. The van der Waals surface area contributed by atoms with Crippen LogP contribution in [-0.4, -0.2) is 101 Å². The van der Waals surface area contributed by atoms with Crippen LogP contribution in [0.2, 0.25) is 0 Å². The Labute approximate surface area is 187 Å². The van der Waals surface area contributed by atoms with E-state index < -0.39 is 10.0 Å². The highest BCUT2D eigenvalue weighted by molar-refractivity contribution is 7.89. The minimum absolute atomic E-state index is 0.0702. The maximum absolute atomic E-state index is 13.0. The number of imide groups is 1. The molecule has 12 heteroatoms. The van der Waals surface area contributed by atoms with Crippen molar-refractivity contribution < 1.29 is 27.6 Å². The molecule has 2 fully saturated rings. The highest BCUT2D eigenvalue weighted by Gasteiger charge is 2.34. The van der Waals surface area contributed by atoms with Gasteiger partial charge in [-0.25, -0.2) is 8.42 Å². The summed E-state index contributed by atoms with van der Waals surface area (Å²) in [6.07, 6.45) is 1.71. The second-order valence-electron chi connectivity index (χ2n) is 7.81. The van der Waals surface area contributed by atoms with Crippen molar-refractivity contribution in [3.8, 4) is 0 Å². The lowest BCUT2D eigenvalue weighted by Gasteiger charge is -2.35. The Morgan fingerprint density at radius 2 is 1.50 bits per heavy atom. The van der Waals surface area contributed by atoms with E-state index in [-0.39, 0.29) is 79.8 Å². The molecule has 2 saturated heterocycles. The molecule has 2 aliphatic rings. The number of sulfonamides is 1. The lowest BCUT2D eigenvalue weighted by atomic mass is 10.2. The average molecular weight is 468 g/mol. The van der Waals surface area contributed by atoms with Crippen LogP contribution in [0.15, 0.2) is 17.2 Å². The van der Waals surface area contributed by atoms with E-state index in [0.717, 1.165) is 4.90 Å². The molecule has 0 bridgehead atoms. The molecule has 0 aliphatic carbocycles. The lowest BCUT2D eigenvalue weighted by molar-refractivity contribution is -0.146. The number of hydrogen-bond donors (Lipinski definition) is 0. The maximum Gasteiger partial charge on any atom is 0.270 e. The molecular weight excluding hydrogens is 438 g/mol. The molecule has 0 atom stereocenters. The zero-order chi connectivity index (χ0) is 23.6. The summed E-state index contributed by atoms with van der Waals surface area (Å²) in [5.41, 5.74) is 0.253. The fourth-order valence-electron chi connectivity index (χ4n) is 3.96. The van der Waals surface area contributed by atoms with Gasteiger partial charge in [0.25, 0.3) is 5.91 Å². The van der Waals surface area contributed by atoms with Gasteiger partial charge < -0.3 is 14.4 Å². The number of hydrogen-bond acceptors (Lipinski definition) is 6. The third kappa shape index (κ3) is 4.56. The number of aryl methyl sites for hydroxylation is 1. The number of aromatic nitrogens is 1. The van der Waals surface area contributed by atoms with Crippen LogP contribution in [0, 0.1) is 0 Å². The highest BCUT2D eigenvalue weighted by Crippen LogP contribution is 2.20. The van der Waals surface area contributed by atoms with E-state index >= 15 is 0 Å². The number of carbonyl (C=O) groups excluding carboxylic acids is 4. The fraction of sp³-hybridized carbons (Fsp3) is 0.600. The first-order valence-electron chi connectivity index (χ1n) is 10.7. The van der Waals surface area contributed by atoms with Gasteiger partial charge in [0.2, 0.25) is 27.7 Å². The second-order valence-corrected chi connectivity index (χ2v) is 9.75. The molecule has 0 unspecified atom stereocenters. The van der Waals surface area contributed by atoms with Crippen molar-refractivity contribution in [2.75, 3.05) is 45.8 Å². The van der Waals surface area contributed by atoms with Gasteiger partial charge in [-0.2, -0.15) is 4.31 Å². The zero-order valence-electron chi connectivity index (χ0n) is 18.6. The molecule has 0 radical (unpaired) electrons. The van der Waals surface area contributed by atoms with E-state index in [1.807, 2.05) is 0 Å². The van der Waals surface area contributed by atoms with E-state index in [1.165, 1.54) is 26.0 Å². The Morgan fingerprint density at radius 1 is 0.969 bits per heavy atom. The summed E-state index contributed by atoms with van der Waals surface area (Å²) >= 11 is 0. The number of piperazine rings is 1. The van der Waals surface area contributed by atoms with Crippen molar-refractivity contribution >= 4 is 33.7 Å². The minimum atomic E-state index is -3.68. The van der Waals surface area contributed by atoms with Crippen LogP contribution in [0.5, 0.6) is 0 Å². The molecule has 3 heterocycles. The van der Waals surface area contributed by atoms with Crippen molar-refractivity contribution in [3.05, 3.63) is 18.0 Å². The van der Waals surface area contributed by atoms with Gasteiger partial charge in [-0.05, 0) is 6.07 Å². The summed E-state index contributed by atoms with van der Waals surface area (Å²) in [6.45, 7) is 5.01.